The van der Waals surface area contributed by atoms with Gasteiger partial charge < -0.3 is 10.1 Å². The number of pyridine rings is 1. The molecule has 1 saturated heterocycles. The number of nitrogens with zero attached hydrogens (tertiary/aromatic N) is 2. The van der Waals surface area contributed by atoms with E-state index >= 15 is 0 Å². The number of methoxy groups -OCH3 is 1. The molecule has 1 N–H and O–H groups in total. The molecule has 2 aromatic carbocycles. The number of anilines is 1. The van der Waals surface area contributed by atoms with Crippen LogP contribution in [0.2, 0.25) is 0 Å². The number of esters is 1. The molecular weight excluding hydrogens is 454 g/mol. The van der Waals surface area contributed by atoms with Crippen molar-refractivity contribution >= 4 is 40.4 Å². The van der Waals surface area contributed by atoms with Crippen molar-refractivity contribution in [1.82, 2.24) is 9.88 Å². The van der Waals surface area contributed by atoms with E-state index in [-0.39, 0.29) is 30.2 Å². The minimum absolute atomic E-state index is 0.103. The van der Waals surface area contributed by atoms with Crippen molar-refractivity contribution in [1.29, 1.82) is 0 Å². The summed E-state index contributed by atoms with van der Waals surface area (Å²) in [7, 11) is 1.35. The van der Waals surface area contributed by atoms with Gasteiger partial charge >= 0.3 is 5.97 Å². The summed E-state index contributed by atoms with van der Waals surface area (Å²) in [6.07, 6.45) is 8.93. The van der Waals surface area contributed by atoms with Crippen molar-refractivity contribution in [2.45, 2.75) is 12.8 Å². The van der Waals surface area contributed by atoms with E-state index in [0.717, 1.165) is 27.7 Å². The Morgan fingerprint density at radius 3 is 2.44 bits per heavy atom. The van der Waals surface area contributed by atoms with Crippen LogP contribution in [0.1, 0.15) is 28.8 Å². The third-order valence-corrected chi connectivity index (χ3v) is 6.77. The van der Waals surface area contributed by atoms with Crippen molar-refractivity contribution < 1.29 is 19.1 Å². The van der Waals surface area contributed by atoms with E-state index in [1.165, 1.54) is 12.0 Å². The maximum absolute atomic E-state index is 13.1. The number of aromatic nitrogens is 1. The first kappa shape index (κ1) is 23.5. The number of likely N-dealkylation sites (tertiary alicyclic amines) is 1. The molecule has 3 aromatic rings. The number of carbonyl (C=O) groups excluding carboxylic acids is 3. The number of rotatable bonds is 7. The van der Waals surface area contributed by atoms with E-state index in [1.54, 1.807) is 18.3 Å². The number of hydrogen-bond donors (Lipinski definition) is 1. The van der Waals surface area contributed by atoms with Crippen LogP contribution < -0.4 is 5.32 Å². The second-order valence-corrected chi connectivity index (χ2v) is 9.10. The number of benzene rings is 2. The van der Waals surface area contributed by atoms with Crippen LogP contribution in [0.25, 0.3) is 17.0 Å². The number of imide groups is 1. The Morgan fingerprint density at radius 1 is 1.06 bits per heavy atom. The first-order valence-corrected chi connectivity index (χ1v) is 12.0. The number of amides is 2. The van der Waals surface area contributed by atoms with Gasteiger partial charge in [-0.25, -0.2) is 4.79 Å². The minimum Gasteiger partial charge on any atom is -0.465 e. The van der Waals surface area contributed by atoms with Crippen molar-refractivity contribution in [2.24, 2.45) is 11.8 Å². The van der Waals surface area contributed by atoms with E-state index in [1.807, 2.05) is 60.7 Å². The lowest BCUT2D eigenvalue weighted by Gasteiger charge is -2.18. The first-order valence-electron chi connectivity index (χ1n) is 12.0. The van der Waals surface area contributed by atoms with Gasteiger partial charge in [-0.15, -0.1) is 0 Å². The Kier molecular flexibility index (Phi) is 6.62. The molecule has 1 aliphatic carbocycles. The Balaban J connectivity index is 1.39. The summed E-state index contributed by atoms with van der Waals surface area (Å²) in [4.78, 5) is 43.8. The molecule has 182 valence electrons. The molecule has 7 heteroatoms. The average Bonchev–Trinajstić information content (AvgIpc) is 3.16. The Morgan fingerprint density at radius 2 is 1.75 bits per heavy atom. The maximum Gasteiger partial charge on any atom is 0.337 e. The molecule has 0 saturated carbocycles. The van der Waals surface area contributed by atoms with Crippen LogP contribution in [-0.2, 0) is 14.3 Å². The fraction of sp³-hybridized carbons (Fsp3) is 0.241. The summed E-state index contributed by atoms with van der Waals surface area (Å²) in [6.45, 7) is 0.626. The zero-order chi connectivity index (χ0) is 25.1. The standard InChI is InChI=1S/C29H27N3O4/c1-36-29(35)21-12-10-19(11-13-21)14-20(16-30-23-15-22-6-2-5-9-26(22)31-17-23)18-32-27(33)24-7-3-4-8-25(24)28(32)34/h2-6,9-15,17,24-25,30H,7-8,16,18H2,1H3. The Hall–Kier alpha value is -4.26. The average molecular weight is 482 g/mol. The van der Waals surface area contributed by atoms with Gasteiger partial charge in [0, 0.05) is 11.9 Å². The SMILES string of the molecule is COC(=O)c1ccc(C=C(CNc2cnc3ccccc3c2)CN2C(=O)C3CC=CCC3C2=O)cc1. The molecule has 1 fully saturated rings. The summed E-state index contributed by atoms with van der Waals surface area (Å²) in [6, 6.07) is 16.9. The topological polar surface area (TPSA) is 88.6 Å². The number of para-hydroxylation sites is 1. The molecule has 2 heterocycles. The van der Waals surface area contributed by atoms with Gasteiger partial charge in [0.05, 0.1) is 48.5 Å². The molecule has 0 radical (unpaired) electrons. The number of ether oxygens (including phenoxy) is 1. The molecule has 0 bridgehead atoms. The van der Waals surface area contributed by atoms with Gasteiger partial charge in [-0.2, -0.15) is 0 Å². The summed E-state index contributed by atoms with van der Waals surface area (Å²) in [5.41, 5.74) is 3.93. The van der Waals surface area contributed by atoms with Crippen molar-refractivity contribution in [3.8, 4) is 0 Å². The summed E-state index contributed by atoms with van der Waals surface area (Å²) < 4.78 is 4.78. The smallest absolute Gasteiger partial charge is 0.337 e. The van der Waals surface area contributed by atoms with Crippen molar-refractivity contribution in [2.75, 3.05) is 25.5 Å². The van der Waals surface area contributed by atoms with Gasteiger partial charge in [0.2, 0.25) is 11.8 Å². The van der Waals surface area contributed by atoms with E-state index in [2.05, 4.69) is 10.3 Å². The van der Waals surface area contributed by atoms with Crippen LogP contribution in [-0.4, -0.2) is 47.9 Å². The van der Waals surface area contributed by atoms with Crippen molar-refractivity contribution in [3.63, 3.8) is 0 Å². The lowest BCUT2D eigenvalue weighted by Crippen LogP contribution is -2.34. The molecule has 2 aliphatic rings. The molecular formula is C29H27N3O4. The summed E-state index contributed by atoms with van der Waals surface area (Å²) >= 11 is 0. The maximum atomic E-state index is 13.1. The largest absolute Gasteiger partial charge is 0.465 e. The third-order valence-electron chi connectivity index (χ3n) is 6.77. The highest BCUT2D eigenvalue weighted by atomic mass is 16.5. The minimum atomic E-state index is -0.402. The lowest BCUT2D eigenvalue weighted by molar-refractivity contribution is -0.139. The van der Waals surface area contributed by atoms with E-state index in [4.69, 9.17) is 4.74 Å². The highest BCUT2D eigenvalue weighted by molar-refractivity contribution is 6.05. The van der Waals surface area contributed by atoms with Crippen LogP contribution in [0.3, 0.4) is 0 Å². The molecule has 7 nitrogen and oxygen atoms in total. The van der Waals surface area contributed by atoms with Gasteiger partial charge in [-0.05, 0) is 48.2 Å². The zero-order valence-electron chi connectivity index (χ0n) is 20.0. The second-order valence-electron chi connectivity index (χ2n) is 9.10. The van der Waals surface area contributed by atoms with Gasteiger partial charge in [0.25, 0.3) is 0 Å². The third kappa shape index (κ3) is 4.77. The van der Waals surface area contributed by atoms with E-state index < -0.39 is 5.97 Å². The highest BCUT2D eigenvalue weighted by Gasteiger charge is 2.47. The molecule has 2 unspecified atom stereocenters. The summed E-state index contributed by atoms with van der Waals surface area (Å²) in [5, 5.41) is 4.42. The Labute approximate surface area is 209 Å². The molecule has 5 rings (SSSR count). The molecule has 1 aliphatic heterocycles. The molecule has 36 heavy (non-hydrogen) atoms. The van der Waals surface area contributed by atoms with E-state index in [0.29, 0.717) is 24.9 Å². The fourth-order valence-corrected chi connectivity index (χ4v) is 4.83. The second kappa shape index (κ2) is 10.2. The van der Waals surface area contributed by atoms with E-state index in [9.17, 15) is 14.4 Å². The van der Waals surface area contributed by atoms with Crippen molar-refractivity contribution in [3.05, 3.63) is 89.6 Å². The molecule has 2 atom stereocenters. The normalized spacial score (nSPS) is 19.5. The molecule has 0 spiro atoms. The molecule has 2 amide bonds. The van der Waals surface area contributed by atoms with Crippen LogP contribution in [0, 0.1) is 11.8 Å². The predicted octanol–water partition coefficient (Wildman–Crippen LogP) is 4.47. The van der Waals surface area contributed by atoms with Crippen LogP contribution in [0.15, 0.2) is 78.5 Å². The first-order chi connectivity index (χ1) is 17.5. The zero-order valence-corrected chi connectivity index (χ0v) is 20.0. The van der Waals surface area contributed by atoms with Gasteiger partial charge in [-0.3, -0.25) is 19.5 Å². The number of fused-ring (bicyclic) bond motifs is 2. The number of carbonyl (C=O) groups is 3. The highest BCUT2D eigenvalue weighted by Crippen LogP contribution is 2.35. The van der Waals surface area contributed by atoms with Gasteiger partial charge in [0.15, 0.2) is 0 Å². The van der Waals surface area contributed by atoms with Crippen LogP contribution in [0.4, 0.5) is 5.69 Å². The lowest BCUT2D eigenvalue weighted by atomic mass is 9.85. The molecule has 1 aromatic heterocycles. The number of hydrogen-bond acceptors (Lipinski definition) is 6. The predicted molar refractivity (Wildman–Crippen MR) is 138 cm³/mol. The Bertz CT molecular complexity index is 1350. The monoisotopic (exact) mass is 481 g/mol. The van der Waals surface area contributed by atoms with Gasteiger partial charge in [-0.1, -0.05) is 48.6 Å². The fourth-order valence-electron chi connectivity index (χ4n) is 4.83. The quantitative estimate of drug-likeness (QED) is 0.304. The van der Waals surface area contributed by atoms with Crippen LogP contribution >= 0.6 is 0 Å². The number of nitrogens with one attached hydrogen (secondary N) is 1. The van der Waals surface area contributed by atoms with Crippen LogP contribution in [0.5, 0.6) is 0 Å². The van der Waals surface area contributed by atoms with Gasteiger partial charge in [0.1, 0.15) is 0 Å². The summed E-state index contributed by atoms with van der Waals surface area (Å²) in [5.74, 6) is -1.13. The number of allylic oxidation sites excluding steroid dienone is 2.